The van der Waals surface area contributed by atoms with Gasteiger partial charge >= 0.3 is 18.3 Å². The molecule has 2 aromatic rings. The fourth-order valence-corrected chi connectivity index (χ4v) is 6.11. The van der Waals surface area contributed by atoms with E-state index in [-0.39, 0.29) is 50.1 Å². The summed E-state index contributed by atoms with van der Waals surface area (Å²) in [5.41, 5.74) is -1.22. The first-order chi connectivity index (χ1) is 23.1. The summed E-state index contributed by atoms with van der Waals surface area (Å²) >= 11 is 0. The van der Waals surface area contributed by atoms with Crippen molar-refractivity contribution < 1.29 is 50.2 Å². The molecule has 272 valence electrons. The smallest absolute Gasteiger partial charge is 0.416 e. The van der Waals surface area contributed by atoms with Crippen molar-refractivity contribution in [2.45, 2.75) is 96.8 Å². The first-order valence-corrected chi connectivity index (χ1v) is 16.3. The molecule has 0 saturated carbocycles. The van der Waals surface area contributed by atoms with E-state index in [1.165, 1.54) is 14.4 Å². The Morgan fingerprint density at radius 3 is 2.31 bits per heavy atom. The molecule has 3 heterocycles. The topological polar surface area (TPSA) is 98.2 Å². The molecule has 3 atom stereocenters. The maximum absolute atomic E-state index is 13.2. The molecule has 0 unspecified atom stereocenters. The van der Waals surface area contributed by atoms with Crippen molar-refractivity contribution in [3.05, 3.63) is 69.6 Å². The van der Waals surface area contributed by atoms with Gasteiger partial charge in [-0.05, 0) is 50.3 Å². The quantitative estimate of drug-likeness (QED) is 0.215. The predicted octanol–water partition coefficient (Wildman–Crippen LogP) is 6.23. The third-order valence-corrected chi connectivity index (χ3v) is 8.42. The zero-order chi connectivity index (χ0) is 36.4. The van der Waals surface area contributed by atoms with E-state index in [2.05, 4.69) is 0 Å². The van der Waals surface area contributed by atoms with E-state index < -0.39 is 53.8 Å². The van der Waals surface area contributed by atoms with E-state index in [4.69, 9.17) is 9.47 Å². The maximum Gasteiger partial charge on any atom is 0.416 e. The molecule has 1 saturated heterocycles. The number of carbonyl (C=O) groups excluding carboxylic acids is 3. The number of alkyl halides is 6. The Kier molecular flexibility index (Phi) is 14.3. The van der Waals surface area contributed by atoms with Crippen LogP contribution < -0.4 is 5.56 Å². The van der Waals surface area contributed by atoms with E-state index in [1.807, 2.05) is 32.0 Å². The van der Waals surface area contributed by atoms with Crippen LogP contribution in [0.15, 0.2) is 47.3 Å². The molecule has 1 aromatic carbocycles. The van der Waals surface area contributed by atoms with E-state index >= 15 is 0 Å². The molecule has 4 rings (SSSR count). The number of ether oxygens (including phenoxy) is 2. The van der Waals surface area contributed by atoms with Gasteiger partial charge in [0, 0.05) is 50.0 Å². The zero-order valence-corrected chi connectivity index (χ0v) is 27.8. The molecule has 0 spiro atoms. The highest BCUT2D eigenvalue weighted by atomic mass is 19.4. The molecule has 15 heteroatoms. The van der Waals surface area contributed by atoms with Crippen LogP contribution in [0.1, 0.15) is 80.9 Å². The number of fused-ring (bicyclic) bond motifs is 1. The second kappa shape index (κ2) is 17.7. The number of nitrogens with zero attached hydrogens (tertiary/aromatic N) is 3. The molecule has 0 aliphatic carbocycles. The summed E-state index contributed by atoms with van der Waals surface area (Å²) in [4.78, 5) is 51.8. The van der Waals surface area contributed by atoms with Crippen molar-refractivity contribution in [3.63, 3.8) is 0 Å². The molecule has 0 N–H and O–H groups in total. The number of amides is 2. The summed E-state index contributed by atoms with van der Waals surface area (Å²) in [5, 5.41) is 0. The van der Waals surface area contributed by atoms with Crippen LogP contribution in [-0.4, -0.2) is 76.8 Å². The summed E-state index contributed by atoms with van der Waals surface area (Å²) in [6.45, 7) is 6.45. The third-order valence-electron chi connectivity index (χ3n) is 8.42. The Morgan fingerprint density at radius 2 is 1.71 bits per heavy atom. The first-order valence-electron chi connectivity index (χ1n) is 16.3. The number of hydrogen-bond donors (Lipinski definition) is 0. The molecule has 2 amide bonds. The molecule has 1 aromatic heterocycles. The minimum Gasteiger partial charge on any atom is -0.462 e. The highest BCUT2D eigenvalue weighted by molar-refractivity contribution is 5.89. The maximum atomic E-state index is 13.2. The number of halogens is 6. The summed E-state index contributed by atoms with van der Waals surface area (Å²) < 4.78 is 90.4. The molecule has 0 bridgehead atoms. The van der Waals surface area contributed by atoms with Crippen molar-refractivity contribution in [2.75, 3.05) is 26.4 Å². The minimum atomic E-state index is -4.71. The molecular weight excluding hydrogens is 660 g/mol. The van der Waals surface area contributed by atoms with Gasteiger partial charge in [-0.25, -0.2) is 4.79 Å². The Morgan fingerprint density at radius 1 is 1.02 bits per heavy atom. The van der Waals surface area contributed by atoms with Crippen LogP contribution in [0.4, 0.5) is 26.3 Å². The summed E-state index contributed by atoms with van der Waals surface area (Å²) in [5.74, 6) is -1.87. The van der Waals surface area contributed by atoms with Crippen molar-refractivity contribution in [1.29, 1.82) is 0 Å². The van der Waals surface area contributed by atoms with Crippen molar-refractivity contribution in [1.82, 2.24) is 14.4 Å². The van der Waals surface area contributed by atoms with Gasteiger partial charge in [0.1, 0.15) is 6.42 Å². The average Bonchev–Trinajstić information content (AvgIpc) is 3.03. The Labute approximate surface area is 281 Å². The van der Waals surface area contributed by atoms with Gasteiger partial charge in [-0.2, -0.15) is 26.3 Å². The van der Waals surface area contributed by atoms with E-state index in [1.54, 1.807) is 19.1 Å². The predicted molar refractivity (Wildman–Crippen MR) is 167 cm³/mol. The van der Waals surface area contributed by atoms with Crippen LogP contribution in [0.5, 0.6) is 0 Å². The number of rotatable bonds is 10. The van der Waals surface area contributed by atoms with Crippen molar-refractivity contribution >= 4 is 17.8 Å². The monoisotopic (exact) mass is 703 g/mol. The fourth-order valence-electron chi connectivity index (χ4n) is 6.11. The van der Waals surface area contributed by atoms with E-state index in [0.29, 0.717) is 50.7 Å². The van der Waals surface area contributed by atoms with Crippen LogP contribution in [0.25, 0.3) is 0 Å². The average molecular weight is 704 g/mol. The minimum absolute atomic E-state index is 0.0339. The molecule has 49 heavy (non-hydrogen) atoms. The van der Waals surface area contributed by atoms with Crippen LogP contribution in [0, 0.1) is 5.92 Å². The number of carbonyl (C=O) groups is 3. The van der Waals surface area contributed by atoms with Crippen molar-refractivity contribution in [2.24, 2.45) is 5.92 Å². The van der Waals surface area contributed by atoms with Crippen LogP contribution in [0.2, 0.25) is 0 Å². The second-order valence-corrected chi connectivity index (χ2v) is 12.1. The summed E-state index contributed by atoms with van der Waals surface area (Å²) in [7, 11) is 0. The van der Waals surface area contributed by atoms with Gasteiger partial charge in [-0.3, -0.25) is 14.4 Å². The number of esters is 1. The Hall–Kier alpha value is -3.88. The lowest BCUT2D eigenvalue weighted by molar-refractivity contribution is -0.168. The van der Waals surface area contributed by atoms with Crippen molar-refractivity contribution in [3.8, 4) is 0 Å². The molecule has 0 radical (unpaired) electrons. The van der Waals surface area contributed by atoms with E-state index in [0.717, 1.165) is 6.07 Å². The lowest BCUT2D eigenvalue weighted by Crippen LogP contribution is -2.53. The third kappa shape index (κ3) is 11.6. The molecule has 2 aliphatic rings. The van der Waals surface area contributed by atoms with Gasteiger partial charge in [0.05, 0.1) is 30.9 Å². The number of pyridine rings is 1. The lowest BCUT2D eigenvalue weighted by Gasteiger charge is -2.43. The summed E-state index contributed by atoms with van der Waals surface area (Å²) in [6, 6.07) is 9.27. The SMILES string of the molecule is CCC[C@H](CCC(=O)N1CCn2c(cc(C(F)(F)F)cc2=O)C1)N(C(=O)CC(F)(F)F)[C@H]1CCOC[C@H]1C.CCOC(=O)c1ccccc1. The summed E-state index contributed by atoms with van der Waals surface area (Å²) in [6.07, 6.45) is -9.59. The Bertz CT molecular complexity index is 1460. The van der Waals surface area contributed by atoms with Gasteiger partial charge in [-0.1, -0.05) is 38.5 Å². The van der Waals surface area contributed by atoms with Crippen LogP contribution in [-0.2, 0) is 38.3 Å². The molecule has 1 fully saturated rings. The zero-order valence-electron chi connectivity index (χ0n) is 27.8. The number of hydrogen-bond acceptors (Lipinski definition) is 6. The first kappa shape index (κ1) is 39.6. The normalized spacial score (nSPS) is 18.4. The number of aromatic nitrogens is 1. The highest BCUT2D eigenvalue weighted by Gasteiger charge is 2.41. The molecular formula is C34H43F6N3O6. The standard InChI is InChI=1S/C25H33F6N3O4.C9H10O2/c1-3-4-18(34(23(37)13-24(26,27)28)20-7-10-38-15-16(20)2)5-6-21(35)32-8-9-33-19(14-32)11-17(12-22(33)36)25(29,30)31;1-2-11-9(10)8-6-4-3-5-7-8/h11-12,16,18,20H,3-10,13-15H2,1-2H3;3-7H,2H2,1H3/t16-,18-,20+;/m1./s1. The Balaban J connectivity index is 0.000000501. The van der Waals surface area contributed by atoms with Gasteiger partial charge in [0.2, 0.25) is 11.8 Å². The van der Waals surface area contributed by atoms with Gasteiger partial charge < -0.3 is 23.8 Å². The van der Waals surface area contributed by atoms with Crippen LogP contribution >= 0.6 is 0 Å². The second-order valence-electron chi connectivity index (χ2n) is 12.1. The van der Waals surface area contributed by atoms with Crippen LogP contribution in [0.3, 0.4) is 0 Å². The number of benzene rings is 1. The fraction of sp³-hybridized carbons (Fsp3) is 0.588. The lowest BCUT2D eigenvalue weighted by atomic mass is 9.91. The largest absolute Gasteiger partial charge is 0.462 e. The molecule has 2 aliphatic heterocycles. The highest BCUT2D eigenvalue weighted by Crippen LogP contribution is 2.31. The van der Waals surface area contributed by atoms with E-state index in [9.17, 15) is 45.5 Å². The van der Waals surface area contributed by atoms with Gasteiger partial charge in [0.25, 0.3) is 5.56 Å². The van der Waals surface area contributed by atoms with Gasteiger partial charge in [-0.15, -0.1) is 0 Å². The van der Waals surface area contributed by atoms with Gasteiger partial charge in [0.15, 0.2) is 0 Å². The molecule has 9 nitrogen and oxygen atoms in total.